The summed E-state index contributed by atoms with van der Waals surface area (Å²) in [5, 5.41) is 14.8. The van der Waals surface area contributed by atoms with Gasteiger partial charge in [-0.05, 0) is 37.3 Å². The minimum atomic E-state index is -0.260. The number of hydrogen-bond donors (Lipinski definition) is 2. The third kappa shape index (κ3) is 4.73. The van der Waals surface area contributed by atoms with Crippen LogP contribution in [0, 0.1) is 0 Å². The van der Waals surface area contributed by atoms with Crippen molar-refractivity contribution in [2.75, 3.05) is 16.4 Å². The second-order valence-corrected chi connectivity index (χ2v) is 7.11. The van der Waals surface area contributed by atoms with Crippen LogP contribution in [0.1, 0.15) is 13.8 Å². The fraction of sp³-hybridized carbons (Fsp3) is 0.222. The van der Waals surface area contributed by atoms with Crippen molar-refractivity contribution in [2.45, 2.75) is 25.5 Å². The van der Waals surface area contributed by atoms with Crippen molar-refractivity contribution in [3.63, 3.8) is 0 Å². The summed E-state index contributed by atoms with van der Waals surface area (Å²) in [6.07, 6.45) is 1.57. The van der Waals surface area contributed by atoms with Crippen LogP contribution in [0.5, 0.6) is 0 Å². The van der Waals surface area contributed by atoms with Crippen molar-refractivity contribution in [2.24, 2.45) is 0 Å². The van der Waals surface area contributed by atoms with Crippen molar-refractivity contribution < 1.29 is 14.0 Å². The predicted molar refractivity (Wildman–Crippen MR) is 109 cm³/mol. The van der Waals surface area contributed by atoms with Gasteiger partial charge in [-0.2, -0.15) is 0 Å². The lowest BCUT2D eigenvalue weighted by molar-refractivity contribution is -0.115. The van der Waals surface area contributed by atoms with Crippen molar-refractivity contribution in [1.82, 2.24) is 14.8 Å². The number of nitrogens with one attached hydrogen (secondary N) is 2. The Kier molecular flexibility index (Phi) is 6.37. The van der Waals surface area contributed by atoms with E-state index in [1.54, 1.807) is 36.6 Å². The maximum Gasteiger partial charge on any atom is 0.234 e. The molecule has 2 aromatic heterocycles. The average Bonchev–Trinajstić information content (AvgIpc) is 3.30. The molecule has 0 bridgehead atoms. The zero-order valence-corrected chi connectivity index (χ0v) is 16.8. The Bertz CT molecular complexity index is 987. The molecule has 2 N–H and O–H groups in total. The van der Waals surface area contributed by atoms with E-state index in [4.69, 9.17) is 16.0 Å². The van der Waals surface area contributed by atoms with Crippen LogP contribution in [0.15, 0.2) is 46.2 Å². The molecule has 0 atom stereocenters. The van der Waals surface area contributed by atoms with Crippen LogP contribution in [0.3, 0.4) is 0 Å². The molecule has 0 aliphatic rings. The van der Waals surface area contributed by atoms with Gasteiger partial charge >= 0.3 is 0 Å². The topological polar surface area (TPSA) is 102 Å². The van der Waals surface area contributed by atoms with Crippen molar-refractivity contribution in [3.05, 3.63) is 41.6 Å². The summed E-state index contributed by atoms with van der Waals surface area (Å²) >= 11 is 7.26. The van der Waals surface area contributed by atoms with Crippen LogP contribution >= 0.6 is 23.4 Å². The monoisotopic (exact) mass is 419 g/mol. The number of nitrogens with zero attached hydrogens (tertiary/aromatic N) is 3. The van der Waals surface area contributed by atoms with Crippen LogP contribution in [-0.4, -0.2) is 32.3 Å². The highest BCUT2D eigenvalue weighted by Crippen LogP contribution is 2.27. The van der Waals surface area contributed by atoms with E-state index < -0.39 is 0 Å². The van der Waals surface area contributed by atoms with Crippen molar-refractivity contribution in [3.8, 4) is 11.6 Å². The van der Waals surface area contributed by atoms with Crippen LogP contribution in [-0.2, 0) is 16.1 Å². The van der Waals surface area contributed by atoms with Crippen LogP contribution in [0.25, 0.3) is 11.6 Å². The van der Waals surface area contributed by atoms with E-state index in [2.05, 4.69) is 20.8 Å². The average molecular weight is 420 g/mol. The molecule has 8 nitrogen and oxygen atoms in total. The molecule has 0 saturated carbocycles. The molecular weight excluding hydrogens is 402 g/mol. The van der Waals surface area contributed by atoms with Gasteiger partial charge in [-0.3, -0.25) is 14.2 Å². The van der Waals surface area contributed by atoms with Gasteiger partial charge < -0.3 is 15.1 Å². The minimum Gasteiger partial charge on any atom is -0.461 e. The Hall–Kier alpha value is -2.78. The fourth-order valence-electron chi connectivity index (χ4n) is 2.50. The lowest BCUT2D eigenvalue weighted by Crippen LogP contribution is -2.17. The quantitative estimate of drug-likeness (QED) is 0.563. The molecule has 10 heteroatoms. The number of carbonyl (C=O) groups excluding carboxylic acids is 2. The molecule has 28 heavy (non-hydrogen) atoms. The largest absolute Gasteiger partial charge is 0.461 e. The molecule has 1 aromatic carbocycles. The normalized spacial score (nSPS) is 10.7. The third-order valence-electron chi connectivity index (χ3n) is 3.67. The molecular formula is C18H18ClN5O3S. The Morgan fingerprint density at radius 1 is 1.21 bits per heavy atom. The van der Waals surface area contributed by atoms with Crippen LogP contribution in [0.4, 0.5) is 11.4 Å². The number of halogens is 1. The van der Waals surface area contributed by atoms with E-state index in [1.807, 2.05) is 11.5 Å². The molecule has 3 aromatic rings. The number of anilines is 2. The molecule has 0 aliphatic carbocycles. The standard InChI is InChI=1S/C18H18ClN5O3S/c1-3-24-17(15-5-4-8-27-15)22-23-18(24)28-10-16(26)21-14-9-12(19)6-7-13(14)20-11(2)25/h4-9H,3,10H2,1-2H3,(H,20,25)(H,21,26). The number of aromatic nitrogens is 3. The summed E-state index contributed by atoms with van der Waals surface area (Å²) in [6.45, 7) is 3.99. The van der Waals surface area contributed by atoms with Gasteiger partial charge in [0.25, 0.3) is 0 Å². The van der Waals surface area contributed by atoms with Gasteiger partial charge in [-0.15, -0.1) is 10.2 Å². The lowest BCUT2D eigenvalue weighted by Gasteiger charge is -2.12. The van der Waals surface area contributed by atoms with Crippen LogP contribution in [0.2, 0.25) is 5.02 Å². The van der Waals surface area contributed by atoms with E-state index in [1.165, 1.54) is 18.7 Å². The number of amides is 2. The molecule has 3 rings (SSSR count). The van der Waals surface area contributed by atoms with Crippen molar-refractivity contribution in [1.29, 1.82) is 0 Å². The summed E-state index contributed by atoms with van der Waals surface area (Å²) in [5.74, 6) is 0.836. The zero-order valence-electron chi connectivity index (χ0n) is 15.2. The molecule has 146 valence electrons. The third-order valence-corrected chi connectivity index (χ3v) is 4.88. The van der Waals surface area contributed by atoms with Gasteiger partial charge in [-0.1, -0.05) is 23.4 Å². The smallest absolute Gasteiger partial charge is 0.234 e. The summed E-state index contributed by atoms with van der Waals surface area (Å²) < 4.78 is 7.25. The van der Waals surface area contributed by atoms with Crippen LogP contribution < -0.4 is 10.6 Å². The fourth-order valence-corrected chi connectivity index (χ4v) is 3.48. The van der Waals surface area contributed by atoms with Gasteiger partial charge in [0.05, 0.1) is 23.4 Å². The van der Waals surface area contributed by atoms with E-state index in [-0.39, 0.29) is 17.6 Å². The highest BCUT2D eigenvalue weighted by Gasteiger charge is 2.17. The maximum atomic E-state index is 12.4. The molecule has 0 fully saturated rings. The van der Waals surface area contributed by atoms with E-state index >= 15 is 0 Å². The first kappa shape index (κ1) is 20.0. The molecule has 0 unspecified atom stereocenters. The SMILES string of the molecule is CCn1c(SCC(=O)Nc2cc(Cl)ccc2NC(C)=O)nnc1-c1ccco1. The number of benzene rings is 1. The second-order valence-electron chi connectivity index (χ2n) is 5.74. The highest BCUT2D eigenvalue weighted by molar-refractivity contribution is 7.99. The van der Waals surface area contributed by atoms with E-state index in [9.17, 15) is 9.59 Å². The molecule has 2 heterocycles. The molecule has 0 saturated heterocycles. The van der Waals surface area contributed by atoms with E-state index in [0.29, 0.717) is 39.7 Å². The molecule has 2 amide bonds. The second kappa shape index (κ2) is 8.94. The van der Waals surface area contributed by atoms with Gasteiger partial charge in [0.1, 0.15) is 0 Å². The van der Waals surface area contributed by atoms with E-state index in [0.717, 1.165) is 0 Å². The number of carbonyl (C=O) groups is 2. The number of thioether (sulfide) groups is 1. The Balaban J connectivity index is 1.69. The van der Waals surface area contributed by atoms with Gasteiger partial charge in [0, 0.05) is 18.5 Å². The number of rotatable bonds is 7. The Morgan fingerprint density at radius 3 is 2.71 bits per heavy atom. The van der Waals surface area contributed by atoms with Gasteiger partial charge in [-0.25, -0.2) is 0 Å². The minimum absolute atomic E-state index is 0.113. The first-order valence-electron chi connectivity index (χ1n) is 8.44. The summed E-state index contributed by atoms with van der Waals surface area (Å²) in [5.41, 5.74) is 0.911. The molecule has 0 spiro atoms. The zero-order chi connectivity index (χ0) is 20.1. The maximum absolute atomic E-state index is 12.4. The molecule has 0 aliphatic heterocycles. The van der Waals surface area contributed by atoms with Crippen molar-refractivity contribution >= 4 is 46.6 Å². The number of hydrogen-bond acceptors (Lipinski definition) is 6. The predicted octanol–water partition coefficient (Wildman–Crippen LogP) is 3.90. The van der Waals surface area contributed by atoms with Gasteiger partial charge in [0.15, 0.2) is 16.7 Å². The summed E-state index contributed by atoms with van der Waals surface area (Å²) in [6, 6.07) is 8.44. The summed E-state index contributed by atoms with van der Waals surface area (Å²) in [7, 11) is 0. The Morgan fingerprint density at radius 2 is 2.04 bits per heavy atom. The highest BCUT2D eigenvalue weighted by atomic mass is 35.5. The molecule has 0 radical (unpaired) electrons. The Labute approximate surface area is 170 Å². The number of furan rings is 1. The summed E-state index contributed by atoms with van der Waals surface area (Å²) in [4.78, 5) is 23.7. The van der Waals surface area contributed by atoms with Gasteiger partial charge in [0.2, 0.25) is 11.8 Å². The first-order chi connectivity index (χ1) is 13.5. The lowest BCUT2D eigenvalue weighted by atomic mass is 10.2. The first-order valence-corrected chi connectivity index (χ1v) is 9.81.